The molecule has 0 fully saturated rings. The van der Waals surface area contributed by atoms with E-state index in [9.17, 15) is 0 Å². The van der Waals surface area contributed by atoms with E-state index >= 15 is 0 Å². The Labute approximate surface area is 138 Å². The molecule has 0 unspecified atom stereocenters. The summed E-state index contributed by atoms with van der Waals surface area (Å²) < 4.78 is 5.30. The average molecular weight is 314 g/mol. The third-order valence-corrected chi connectivity index (χ3v) is 3.59. The molecule has 0 amide bonds. The fourth-order valence-electron chi connectivity index (χ4n) is 2.39. The maximum atomic E-state index is 5.30. The molecule has 0 saturated carbocycles. The maximum Gasteiger partial charge on any atom is 0.250 e. The van der Waals surface area contributed by atoms with Crippen molar-refractivity contribution in [3.05, 3.63) is 78.3 Å². The zero-order valence-corrected chi connectivity index (χ0v) is 12.8. The largest absolute Gasteiger partial charge is 0.334 e. The Balaban J connectivity index is 1.59. The molecule has 1 N–H and O–H groups in total. The van der Waals surface area contributed by atoms with E-state index in [4.69, 9.17) is 4.52 Å². The molecular formula is C19H14N4O. The monoisotopic (exact) mass is 314 g/mol. The van der Waals surface area contributed by atoms with Gasteiger partial charge in [-0.2, -0.15) is 10.1 Å². The lowest BCUT2D eigenvalue weighted by atomic mass is 10.1. The van der Waals surface area contributed by atoms with Gasteiger partial charge >= 0.3 is 0 Å². The van der Waals surface area contributed by atoms with Gasteiger partial charge in [0.15, 0.2) is 0 Å². The molecule has 2 aromatic heterocycles. The van der Waals surface area contributed by atoms with Crippen LogP contribution in [0.15, 0.2) is 71.4 Å². The van der Waals surface area contributed by atoms with Crippen molar-refractivity contribution < 1.29 is 4.52 Å². The number of aromatic amines is 1. The molecule has 116 valence electrons. The van der Waals surface area contributed by atoms with Crippen LogP contribution in [0.1, 0.15) is 11.5 Å². The van der Waals surface area contributed by atoms with Crippen LogP contribution in [0.4, 0.5) is 0 Å². The second-order valence-corrected chi connectivity index (χ2v) is 5.25. The molecule has 2 aromatic carbocycles. The Morgan fingerprint density at radius 2 is 1.75 bits per heavy atom. The molecule has 0 bridgehead atoms. The van der Waals surface area contributed by atoms with Crippen LogP contribution in [0.25, 0.3) is 34.8 Å². The quantitative estimate of drug-likeness (QED) is 0.610. The molecule has 0 spiro atoms. The summed E-state index contributed by atoms with van der Waals surface area (Å²) in [6.07, 6.45) is 5.48. The van der Waals surface area contributed by atoms with Gasteiger partial charge in [-0.25, -0.2) is 0 Å². The molecule has 0 atom stereocenters. The first-order valence-corrected chi connectivity index (χ1v) is 7.55. The van der Waals surface area contributed by atoms with Crippen LogP contribution in [-0.2, 0) is 0 Å². The van der Waals surface area contributed by atoms with Crippen molar-refractivity contribution in [2.75, 3.05) is 0 Å². The van der Waals surface area contributed by atoms with Gasteiger partial charge in [0.05, 0.1) is 5.69 Å². The Morgan fingerprint density at radius 1 is 0.875 bits per heavy atom. The number of aromatic nitrogens is 4. The number of nitrogens with zero attached hydrogens (tertiary/aromatic N) is 3. The van der Waals surface area contributed by atoms with E-state index in [0.29, 0.717) is 11.7 Å². The summed E-state index contributed by atoms with van der Waals surface area (Å²) in [6, 6.07) is 19.8. The van der Waals surface area contributed by atoms with Crippen LogP contribution in [0, 0.1) is 0 Å². The van der Waals surface area contributed by atoms with Gasteiger partial charge in [0.25, 0.3) is 5.89 Å². The third kappa shape index (κ3) is 3.01. The number of benzene rings is 2. The molecule has 0 radical (unpaired) electrons. The summed E-state index contributed by atoms with van der Waals surface area (Å²) >= 11 is 0. The third-order valence-electron chi connectivity index (χ3n) is 3.59. The predicted molar refractivity (Wildman–Crippen MR) is 92.7 cm³/mol. The lowest BCUT2D eigenvalue weighted by Crippen LogP contribution is -1.83. The van der Waals surface area contributed by atoms with Gasteiger partial charge in [-0.3, -0.25) is 5.10 Å². The molecule has 0 aliphatic heterocycles. The van der Waals surface area contributed by atoms with Gasteiger partial charge in [0, 0.05) is 23.4 Å². The highest BCUT2D eigenvalue weighted by Gasteiger charge is 2.08. The fourth-order valence-corrected chi connectivity index (χ4v) is 2.39. The van der Waals surface area contributed by atoms with E-state index in [2.05, 4.69) is 20.3 Å². The predicted octanol–water partition coefficient (Wildman–Crippen LogP) is 4.30. The van der Waals surface area contributed by atoms with Crippen molar-refractivity contribution in [2.45, 2.75) is 0 Å². The molecular weight excluding hydrogens is 300 g/mol. The highest BCUT2D eigenvalue weighted by Crippen LogP contribution is 2.23. The van der Waals surface area contributed by atoms with Crippen LogP contribution in [0.3, 0.4) is 0 Å². The summed E-state index contributed by atoms with van der Waals surface area (Å²) in [4.78, 5) is 4.43. The Morgan fingerprint density at radius 3 is 2.58 bits per heavy atom. The van der Waals surface area contributed by atoms with Crippen molar-refractivity contribution in [1.29, 1.82) is 0 Å². The molecule has 4 rings (SSSR count). The summed E-state index contributed by atoms with van der Waals surface area (Å²) in [7, 11) is 0. The number of hydrogen-bond donors (Lipinski definition) is 1. The molecule has 24 heavy (non-hydrogen) atoms. The lowest BCUT2D eigenvalue weighted by Gasteiger charge is -1.99. The van der Waals surface area contributed by atoms with Crippen LogP contribution in [0.5, 0.6) is 0 Å². The van der Waals surface area contributed by atoms with E-state index in [1.165, 1.54) is 0 Å². The van der Waals surface area contributed by atoms with E-state index in [1.54, 1.807) is 6.20 Å². The van der Waals surface area contributed by atoms with Crippen LogP contribution < -0.4 is 0 Å². The zero-order valence-electron chi connectivity index (χ0n) is 12.8. The first kappa shape index (κ1) is 14.1. The summed E-state index contributed by atoms with van der Waals surface area (Å²) in [5.41, 5.74) is 3.95. The Kier molecular flexibility index (Phi) is 3.73. The van der Waals surface area contributed by atoms with Crippen molar-refractivity contribution >= 4 is 12.2 Å². The minimum absolute atomic E-state index is 0.473. The Bertz CT molecular complexity index is 956. The number of H-pyrrole nitrogens is 1. The van der Waals surface area contributed by atoms with E-state index in [-0.39, 0.29) is 0 Å². The summed E-state index contributed by atoms with van der Waals surface area (Å²) in [6.45, 7) is 0. The number of hydrogen-bond acceptors (Lipinski definition) is 4. The van der Waals surface area contributed by atoms with Crippen LogP contribution >= 0.6 is 0 Å². The Hall–Kier alpha value is -3.47. The zero-order chi connectivity index (χ0) is 16.2. The topological polar surface area (TPSA) is 67.6 Å². The van der Waals surface area contributed by atoms with Crippen molar-refractivity contribution in [3.63, 3.8) is 0 Å². The van der Waals surface area contributed by atoms with Crippen LogP contribution in [-0.4, -0.2) is 20.3 Å². The highest BCUT2D eigenvalue weighted by atomic mass is 16.5. The minimum Gasteiger partial charge on any atom is -0.334 e. The molecule has 0 saturated heterocycles. The number of rotatable bonds is 4. The first-order valence-electron chi connectivity index (χ1n) is 7.55. The lowest BCUT2D eigenvalue weighted by molar-refractivity contribution is 0.411. The molecule has 2 heterocycles. The van der Waals surface area contributed by atoms with Gasteiger partial charge < -0.3 is 4.52 Å². The number of nitrogens with one attached hydrogen (secondary N) is 1. The second-order valence-electron chi connectivity index (χ2n) is 5.25. The van der Waals surface area contributed by atoms with Crippen molar-refractivity contribution in [3.8, 4) is 22.6 Å². The van der Waals surface area contributed by atoms with Crippen LogP contribution in [0.2, 0.25) is 0 Å². The molecule has 0 aliphatic carbocycles. The molecule has 4 aromatic rings. The van der Waals surface area contributed by atoms with Gasteiger partial charge in [-0.15, -0.1) is 0 Å². The molecule has 0 aliphatic rings. The fraction of sp³-hybridized carbons (Fsp3) is 0. The second kappa shape index (κ2) is 6.34. The summed E-state index contributed by atoms with van der Waals surface area (Å²) in [5, 5.41) is 11.0. The first-order chi connectivity index (χ1) is 11.9. The van der Waals surface area contributed by atoms with E-state index in [1.807, 2.05) is 72.8 Å². The smallest absolute Gasteiger partial charge is 0.250 e. The SMILES string of the molecule is C(=C\c1nc(-c2cccc(-c3ccn[nH]3)c2)no1)/c1ccccc1. The van der Waals surface area contributed by atoms with Crippen molar-refractivity contribution in [2.24, 2.45) is 0 Å². The molecule has 5 heteroatoms. The van der Waals surface area contributed by atoms with Crippen molar-refractivity contribution in [1.82, 2.24) is 20.3 Å². The van der Waals surface area contributed by atoms with Gasteiger partial charge in [-0.05, 0) is 23.8 Å². The maximum absolute atomic E-state index is 5.30. The highest BCUT2D eigenvalue weighted by molar-refractivity contribution is 5.69. The van der Waals surface area contributed by atoms with Gasteiger partial charge in [0.1, 0.15) is 0 Å². The van der Waals surface area contributed by atoms with Gasteiger partial charge in [-0.1, -0.05) is 53.7 Å². The average Bonchev–Trinajstić information content (AvgIpc) is 3.33. The molecule has 5 nitrogen and oxygen atoms in total. The van der Waals surface area contributed by atoms with E-state index in [0.717, 1.165) is 22.4 Å². The minimum atomic E-state index is 0.473. The normalized spacial score (nSPS) is 11.2. The summed E-state index contributed by atoms with van der Waals surface area (Å²) in [5.74, 6) is 1.03. The van der Waals surface area contributed by atoms with E-state index < -0.39 is 0 Å². The standard InChI is InChI=1S/C19H14N4O/c1-2-5-14(6-3-1)9-10-18-21-19(23-24-18)16-8-4-7-15(13-16)17-11-12-20-22-17/h1-13H,(H,20,22)/b10-9+. The van der Waals surface area contributed by atoms with Gasteiger partial charge in [0.2, 0.25) is 5.82 Å².